The molecule has 8 heteroatoms. The molecule has 1 aliphatic rings. The van der Waals surface area contributed by atoms with E-state index in [1.54, 1.807) is 36.5 Å². The van der Waals surface area contributed by atoms with Crippen molar-refractivity contribution in [1.82, 2.24) is 14.8 Å². The van der Waals surface area contributed by atoms with E-state index in [9.17, 15) is 19.2 Å². The Balaban J connectivity index is 1.85. The molecule has 3 rings (SSSR count). The van der Waals surface area contributed by atoms with Crippen LogP contribution in [0.15, 0.2) is 54.7 Å². The van der Waals surface area contributed by atoms with Crippen molar-refractivity contribution in [2.75, 3.05) is 27.2 Å². The van der Waals surface area contributed by atoms with Gasteiger partial charge in [-0.15, -0.1) is 0 Å². The number of rotatable bonds is 8. The van der Waals surface area contributed by atoms with E-state index >= 15 is 0 Å². The summed E-state index contributed by atoms with van der Waals surface area (Å²) in [5.41, 5.74) is 0.0758. The topological polar surface area (TPSA) is 96.9 Å². The van der Waals surface area contributed by atoms with Gasteiger partial charge in [-0.2, -0.15) is 0 Å². The summed E-state index contributed by atoms with van der Waals surface area (Å²) in [4.78, 5) is 57.5. The molecule has 1 aliphatic heterocycles. The van der Waals surface area contributed by atoms with Gasteiger partial charge in [-0.25, -0.2) is 0 Å². The number of amides is 3. The highest BCUT2D eigenvalue weighted by Gasteiger charge is 2.53. The van der Waals surface area contributed by atoms with Crippen LogP contribution in [0.25, 0.3) is 0 Å². The zero-order valence-corrected chi connectivity index (χ0v) is 17.6. The Labute approximate surface area is 180 Å². The number of imide groups is 1. The van der Waals surface area contributed by atoms with Gasteiger partial charge in [0.05, 0.1) is 12.5 Å². The number of pyridine rings is 1. The molecule has 3 amide bonds. The van der Waals surface area contributed by atoms with Gasteiger partial charge < -0.3 is 9.64 Å². The Bertz CT molecular complexity index is 964. The normalized spacial score (nSPS) is 18.2. The molecule has 0 radical (unpaired) electrons. The number of methoxy groups -OCH3 is 1. The molecule has 31 heavy (non-hydrogen) atoms. The highest BCUT2D eigenvalue weighted by Crippen LogP contribution is 2.40. The molecular formula is C23H25N3O5. The van der Waals surface area contributed by atoms with Crippen LogP contribution in [0.4, 0.5) is 0 Å². The number of nitrogens with zero attached hydrogens (tertiary/aromatic N) is 3. The lowest BCUT2D eigenvalue weighted by Gasteiger charge is -2.29. The van der Waals surface area contributed by atoms with E-state index < -0.39 is 23.2 Å². The fourth-order valence-corrected chi connectivity index (χ4v) is 3.76. The van der Waals surface area contributed by atoms with Gasteiger partial charge in [0, 0.05) is 44.7 Å². The summed E-state index contributed by atoms with van der Waals surface area (Å²) in [6.45, 7) is -0.0405. The summed E-state index contributed by atoms with van der Waals surface area (Å²) in [7, 11) is 2.71. The molecule has 0 aliphatic carbocycles. The Morgan fingerprint density at radius 1 is 1.13 bits per heavy atom. The molecule has 0 N–H and O–H groups in total. The molecule has 2 heterocycles. The fraction of sp³-hybridized carbons (Fsp3) is 0.348. The number of hydrogen-bond acceptors (Lipinski definition) is 6. The molecule has 0 bridgehead atoms. The van der Waals surface area contributed by atoms with Crippen LogP contribution in [0.1, 0.15) is 24.1 Å². The average Bonchev–Trinajstić information content (AvgIpc) is 3.03. The third-order valence-corrected chi connectivity index (χ3v) is 5.53. The quantitative estimate of drug-likeness (QED) is 0.470. The minimum Gasteiger partial charge on any atom is -0.468 e. The van der Waals surface area contributed by atoms with Gasteiger partial charge in [0.25, 0.3) is 0 Å². The van der Waals surface area contributed by atoms with E-state index in [-0.39, 0.29) is 31.8 Å². The van der Waals surface area contributed by atoms with Crippen molar-refractivity contribution in [1.29, 1.82) is 0 Å². The van der Waals surface area contributed by atoms with E-state index in [1.807, 2.05) is 18.2 Å². The first-order valence-corrected chi connectivity index (χ1v) is 9.98. The Kier molecular flexibility index (Phi) is 6.79. The van der Waals surface area contributed by atoms with Crippen molar-refractivity contribution < 1.29 is 23.9 Å². The summed E-state index contributed by atoms with van der Waals surface area (Å²) in [6.07, 6.45) is 1.78. The van der Waals surface area contributed by atoms with Crippen LogP contribution in [0.3, 0.4) is 0 Å². The Morgan fingerprint density at radius 3 is 2.48 bits per heavy atom. The van der Waals surface area contributed by atoms with Gasteiger partial charge in [0.1, 0.15) is 6.54 Å². The number of esters is 1. The maximum absolute atomic E-state index is 13.5. The summed E-state index contributed by atoms with van der Waals surface area (Å²) in [5, 5.41) is 0. The van der Waals surface area contributed by atoms with E-state index in [2.05, 4.69) is 9.72 Å². The predicted molar refractivity (Wildman–Crippen MR) is 112 cm³/mol. The second-order valence-corrected chi connectivity index (χ2v) is 7.55. The first-order chi connectivity index (χ1) is 14.9. The van der Waals surface area contributed by atoms with Crippen LogP contribution in [-0.4, -0.2) is 65.7 Å². The average molecular weight is 423 g/mol. The summed E-state index contributed by atoms with van der Waals surface area (Å²) in [6, 6.07) is 14.3. The largest absolute Gasteiger partial charge is 0.468 e. The molecule has 1 saturated heterocycles. The van der Waals surface area contributed by atoms with Crippen molar-refractivity contribution in [3.05, 3.63) is 66.0 Å². The summed E-state index contributed by atoms with van der Waals surface area (Å²) >= 11 is 0. The zero-order valence-electron chi connectivity index (χ0n) is 17.6. The fourth-order valence-electron chi connectivity index (χ4n) is 3.76. The first kappa shape index (κ1) is 22.1. The number of likely N-dealkylation sites (tertiary alicyclic amines) is 1. The van der Waals surface area contributed by atoms with E-state index in [4.69, 9.17) is 0 Å². The minimum absolute atomic E-state index is 0.101. The van der Waals surface area contributed by atoms with Crippen LogP contribution in [0.5, 0.6) is 0 Å². The first-order valence-electron chi connectivity index (χ1n) is 9.98. The van der Waals surface area contributed by atoms with Crippen LogP contribution in [-0.2, 0) is 35.8 Å². The second-order valence-electron chi connectivity index (χ2n) is 7.55. The maximum Gasteiger partial charge on any atom is 0.325 e. The smallest absolute Gasteiger partial charge is 0.325 e. The SMILES string of the molecule is COC(=O)CN(C)C(=O)CC1(c2ccccc2)CC(=O)N(CCc2ccccn2)C1=O. The number of hydrogen-bond donors (Lipinski definition) is 0. The minimum atomic E-state index is -1.30. The zero-order chi connectivity index (χ0) is 22.4. The highest BCUT2D eigenvalue weighted by molar-refractivity contribution is 6.10. The Morgan fingerprint density at radius 2 is 1.84 bits per heavy atom. The number of carbonyl (C=O) groups excluding carboxylic acids is 4. The third kappa shape index (κ3) is 4.79. The number of aromatic nitrogens is 1. The number of likely N-dealkylation sites (N-methyl/N-ethyl adjacent to an activating group) is 1. The number of ether oxygens (including phenoxy) is 1. The number of benzene rings is 1. The molecule has 8 nitrogen and oxygen atoms in total. The molecule has 1 unspecified atom stereocenters. The van der Waals surface area contributed by atoms with Crippen molar-refractivity contribution in [2.24, 2.45) is 0 Å². The lowest BCUT2D eigenvalue weighted by Crippen LogP contribution is -2.44. The molecule has 162 valence electrons. The number of carbonyl (C=O) groups is 4. The molecular weight excluding hydrogens is 398 g/mol. The van der Waals surface area contributed by atoms with E-state index in [0.717, 1.165) is 5.69 Å². The van der Waals surface area contributed by atoms with Gasteiger partial charge in [-0.3, -0.25) is 29.1 Å². The lowest BCUT2D eigenvalue weighted by atomic mass is 9.75. The van der Waals surface area contributed by atoms with Gasteiger partial charge in [0.2, 0.25) is 17.7 Å². The van der Waals surface area contributed by atoms with Gasteiger partial charge in [0.15, 0.2) is 0 Å². The predicted octanol–water partition coefficient (Wildman–Crippen LogP) is 1.34. The lowest BCUT2D eigenvalue weighted by molar-refractivity contribution is -0.147. The summed E-state index contributed by atoms with van der Waals surface area (Å²) < 4.78 is 4.61. The molecule has 1 aromatic carbocycles. The van der Waals surface area contributed by atoms with Crippen LogP contribution >= 0.6 is 0 Å². The van der Waals surface area contributed by atoms with Gasteiger partial charge in [-0.1, -0.05) is 36.4 Å². The molecule has 2 aromatic rings. The van der Waals surface area contributed by atoms with E-state index in [0.29, 0.717) is 12.0 Å². The van der Waals surface area contributed by atoms with Crippen molar-refractivity contribution in [3.8, 4) is 0 Å². The van der Waals surface area contributed by atoms with Gasteiger partial charge >= 0.3 is 5.97 Å². The van der Waals surface area contributed by atoms with Crippen LogP contribution < -0.4 is 0 Å². The maximum atomic E-state index is 13.5. The standard InChI is InChI=1S/C23H25N3O5/c1-25(16-21(29)31-2)19(27)14-23(17-8-4-3-5-9-17)15-20(28)26(22(23)30)13-11-18-10-6-7-12-24-18/h3-10,12H,11,13-16H2,1-2H3. The summed E-state index contributed by atoms with van der Waals surface area (Å²) in [5.74, 6) is -1.70. The molecule has 1 fully saturated rings. The van der Waals surface area contributed by atoms with E-state index in [1.165, 1.54) is 24.0 Å². The molecule has 0 saturated carbocycles. The van der Waals surface area contributed by atoms with Crippen molar-refractivity contribution in [3.63, 3.8) is 0 Å². The molecule has 1 atom stereocenters. The van der Waals surface area contributed by atoms with Crippen molar-refractivity contribution in [2.45, 2.75) is 24.7 Å². The molecule has 0 spiro atoms. The Hall–Kier alpha value is -3.55. The monoisotopic (exact) mass is 423 g/mol. The molecule has 1 aromatic heterocycles. The highest BCUT2D eigenvalue weighted by atomic mass is 16.5. The van der Waals surface area contributed by atoms with Crippen molar-refractivity contribution >= 4 is 23.7 Å². The van der Waals surface area contributed by atoms with Crippen LogP contribution in [0, 0.1) is 0 Å². The van der Waals surface area contributed by atoms with Gasteiger partial charge in [-0.05, 0) is 17.7 Å². The second kappa shape index (κ2) is 9.51. The van der Waals surface area contributed by atoms with Crippen LogP contribution in [0.2, 0.25) is 0 Å². The third-order valence-electron chi connectivity index (χ3n) is 5.53.